The fraction of sp³-hybridized carbons (Fsp3) is 0.500. The molecule has 0 amide bonds. The predicted molar refractivity (Wildman–Crippen MR) is 25.9 cm³/mol. The number of carboxylic acid groups (broad SMARTS) is 1. The summed E-state index contributed by atoms with van der Waals surface area (Å²) in [5.74, 6) is -0.896. The Bertz CT molecular complexity index is 116. The number of nitrogens with one attached hydrogen (secondary N) is 1. The van der Waals surface area contributed by atoms with Crippen molar-refractivity contribution in [1.82, 2.24) is 5.32 Å². The minimum atomic E-state index is -0.896. The largest absolute Gasteiger partial charge is 0.481 e. The first-order chi connectivity index (χ1) is 3.77. The molecule has 0 unspecified atom stereocenters. The summed E-state index contributed by atoms with van der Waals surface area (Å²) in [6, 6.07) is 0. The van der Waals surface area contributed by atoms with Gasteiger partial charge in [-0.1, -0.05) is 0 Å². The van der Waals surface area contributed by atoms with Crippen LogP contribution in [0, 0.1) is 11.5 Å². The van der Waals surface area contributed by atoms with E-state index in [4.69, 9.17) is 10.4 Å². The van der Waals surface area contributed by atoms with Gasteiger partial charge in [0.2, 0.25) is 0 Å². The minimum absolute atomic E-state index is 0.00639. The number of carboxylic acids is 1. The lowest BCUT2D eigenvalue weighted by Crippen LogP contribution is -2.11. The van der Waals surface area contributed by atoms with E-state index in [0.29, 0.717) is 0 Å². The molecule has 0 atom stereocenters. The maximum Gasteiger partial charge on any atom is 0.305 e. The van der Waals surface area contributed by atoms with Crippen molar-refractivity contribution in [1.29, 1.82) is 5.26 Å². The first kappa shape index (κ1) is 6.76. The van der Waals surface area contributed by atoms with Gasteiger partial charge in [-0.15, -0.1) is 0 Å². The number of nitriles is 1. The Morgan fingerprint density at radius 1 is 1.88 bits per heavy atom. The van der Waals surface area contributed by atoms with E-state index in [0.717, 1.165) is 0 Å². The number of aliphatic carboxylic acids is 1. The molecule has 0 aromatic rings. The molecule has 0 saturated heterocycles. The molecule has 0 aliphatic carbocycles. The van der Waals surface area contributed by atoms with Crippen LogP contribution in [-0.2, 0) is 4.79 Å². The van der Waals surface area contributed by atoms with E-state index in [-0.39, 0.29) is 13.0 Å². The van der Waals surface area contributed by atoms with Crippen LogP contribution < -0.4 is 5.32 Å². The quantitative estimate of drug-likeness (QED) is 0.295. The summed E-state index contributed by atoms with van der Waals surface area (Å²) in [6.07, 6.45) is 1.60. The van der Waals surface area contributed by atoms with E-state index in [1.165, 1.54) is 0 Å². The zero-order chi connectivity index (χ0) is 6.41. The van der Waals surface area contributed by atoms with Crippen LogP contribution in [0.2, 0.25) is 0 Å². The Kier molecular flexibility index (Phi) is 3.32. The van der Waals surface area contributed by atoms with Crippen molar-refractivity contribution in [3.63, 3.8) is 0 Å². The third-order valence-corrected chi connectivity index (χ3v) is 0.543. The van der Waals surface area contributed by atoms with Gasteiger partial charge in [0.05, 0.1) is 6.42 Å². The molecular formula is C4H6N2O2. The fourth-order valence-electron chi connectivity index (χ4n) is 0.225. The molecule has 2 N–H and O–H groups in total. The molecule has 0 aromatic carbocycles. The lowest BCUT2D eigenvalue weighted by molar-refractivity contribution is -0.136. The molecule has 4 nitrogen and oxygen atoms in total. The van der Waals surface area contributed by atoms with Crippen molar-refractivity contribution in [2.24, 2.45) is 0 Å². The molecule has 0 aliphatic rings. The van der Waals surface area contributed by atoms with E-state index < -0.39 is 5.97 Å². The Hall–Kier alpha value is -1.24. The molecule has 0 bridgehead atoms. The van der Waals surface area contributed by atoms with Crippen LogP contribution in [0.1, 0.15) is 6.42 Å². The first-order valence-electron chi connectivity index (χ1n) is 2.11. The van der Waals surface area contributed by atoms with E-state index in [9.17, 15) is 4.79 Å². The van der Waals surface area contributed by atoms with Crippen molar-refractivity contribution >= 4 is 5.97 Å². The molecule has 0 saturated carbocycles. The van der Waals surface area contributed by atoms with Crippen LogP contribution in [0.25, 0.3) is 0 Å². The summed E-state index contributed by atoms with van der Waals surface area (Å²) in [6.45, 7) is 0.214. The lowest BCUT2D eigenvalue weighted by Gasteiger charge is -1.88. The number of rotatable bonds is 3. The zero-order valence-electron chi connectivity index (χ0n) is 4.22. The van der Waals surface area contributed by atoms with Gasteiger partial charge in [0.15, 0.2) is 6.19 Å². The van der Waals surface area contributed by atoms with Crippen LogP contribution in [0.5, 0.6) is 0 Å². The van der Waals surface area contributed by atoms with Crippen LogP contribution in [0.3, 0.4) is 0 Å². The van der Waals surface area contributed by atoms with Gasteiger partial charge in [-0.25, -0.2) is 0 Å². The standard InChI is InChI=1S/C4H6N2O2/c5-3-6-2-1-4(7)8/h6H,1-2H2,(H,7,8). The average Bonchev–Trinajstić information content (AvgIpc) is 1.66. The van der Waals surface area contributed by atoms with Crippen molar-refractivity contribution in [2.45, 2.75) is 6.42 Å². The summed E-state index contributed by atoms with van der Waals surface area (Å²) >= 11 is 0. The highest BCUT2D eigenvalue weighted by Gasteiger charge is 1.91. The van der Waals surface area contributed by atoms with Crippen LogP contribution in [0.15, 0.2) is 0 Å². The van der Waals surface area contributed by atoms with E-state index >= 15 is 0 Å². The molecule has 0 aliphatic heterocycles. The second kappa shape index (κ2) is 3.93. The highest BCUT2D eigenvalue weighted by molar-refractivity contribution is 5.66. The Balaban J connectivity index is 2.97. The second-order valence-corrected chi connectivity index (χ2v) is 1.18. The highest BCUT2D eigenvalue weighted by atomic mass is 16.4. The third kappa shape index (κ3) is 4.76. The SMILES string of the molecule is N#CNCCC(=O)O. The van der Waals surface area contributed by atoms with Crippen LogP contribution in [0.4, 0.5) is 0 Å². The van der Waals surface area contributed by atoms with E-state index in [1.54, 1.807) is 6.19 Å². The zero-order valence-corrected chi connectivity index (χ0v) is 4.22. The Morgan fingerprint density at radius 3 is 2.88 bits per heavy atom. The fourth-order valence-corrected chi connectivity index (χ4v) is 0.225. The van der Waals surface area contributed by atoms with Crippen LogP contribution >= 0.6 is 0 Å². The number of nitrogens with zero attached hydrogens (tertiary/aromatic N) is 1. The summed E-state index contributed by atoms with van der Waals surface area (Å²) in [7, 11) is 0. The van der Waals surface area contributed by atoms with Gasteiger partial charge in [-0.05, 0) is 0 Å². The van der Waals surface area contributed by atoms with Crippen molar-refractivity contribution in [2.75, 3.05) is 6.54 Å². The molecule has 0 radical (unpaired) electrons. The van der Waals surface area contributed by atoms with Gasteiger partial charge < -0.3 is 10.4 Å². The highest BCUT2D eigenvalue weighted by Crippen LogP contribution is 1.71. The Labute approximate surface area is 46.7 Å². The van der Waals surface area contributed by atoms with Gasteiger partial charge in [0.25, 0.3) is 0 Å². The molecular weight excluding hydrogens is 108 g/mol. The van der Waals surface area contributed by atoms with Crippen LogP contribution in [-0.4, -0.2) is 17.6 Å². The molecule has 0 fully saturated rings. The summed E-state index contributed by atoms with van der Waals surface area (Å²) < 4.78 is 0. The lowest BCUT2D eigenvalue weighted by atomic mass is 10.4. The van der Waals surface area contributed by atoms with E-state index in [1.807, 2.05) is 0 Å². The third-order valence-electron chi connectivity index (χ3n) is 0.543. The number of hydrogen-bond acceptors (Lipinski definition) is 3. The van der Waals surface area contributed by atoms with E-state index in [2.05, 4.69) is 5.32 Å². The minimum Gasteiger partial charge on any atom is -0.481 e. The maximum absolute atomic E-state index is 9.72. The molecule has 4 heteroatoms. The summed E-state index contributed by atoms with van der Waals surface area (Å²) in [4.78, 5) is 9.72. The van der Waals surface area contributed by atoms with Gasteiger partial charge >= 0.3 is 5.97 Å². The normalized spacial score (nSPS) is 7.38. The molecule has 0 rings (SSSR count). The monoisotopic (exact) mass is 114 g/mol. The smallest absolute Gasteiger partial charge is 0.305 e. The van der Waals surface area contributed by atoms with Gasteiger partial charge in [0.1, 0.15) is 0 Å². The first-order valence-corrected chi connectivity index (χ1v) is 2.11. The molecule has 0 spiro atoms. The van der Waals surface area contributed by atoms with Crippen molar-refractivity contribution in [3.05, 3.63) is 0 Å². The van der Waals surface area contributed by atoms with Crippen molar-refractivity contribution in [3.8, 4) is 6.19 Å². The molecule has 44 valence electrons. The molecule has 0 heterocycles. The van der Waals surface area contributed by atoms with Crippen molar-refractivity contribution < 1.29 is 9.90 Å². The summed E-state index contributed by atoms with van der Waals surface area (Å²) in [5, 5.41) is 18.0. The second-order valence-electron chi connectivity index (χ2n) is 1.18. The molecule has 0 aromatic heterocycles. The maximum atomic E-state index is 9.72. The predicted octanol–water partition coefficient (Wildman–Crippen LogP) is -0.468. The number of hydrogen-bond donors (Lipinski definition) is 2. The summed E-state index contributed by atoms with van der Waals surface area (Å²) in [5.41, 5.74) is 0. The van der Waals surface area contributed by atoms with Gasteiger partial charge in [-0.2, -0.15) is 5.26 Å². The van der Waals surface area contributed by atoms with Gasteiger partial charge in [-0.3, -0.25) is 4.79 Å². The van der Waals surface area contributed by atoms with Gasteiger partial charge in [0, 0.05) is 6.54 Å². The average molecular weight is 114 g/mol. The number of carbonyl (C=O) groups is 1. The topological polar surface area (TPSA) is 73.1 Å². The molecule has 8 heavy (non-hydrogen) atoms. The Morgan fingerprint density at radius 2 is 2.50 bits per heavy atom.